The molecule has 6 heteroatoms. The Bertz CT molecular complexity index is 1100. The number of nitriles is 1. The Labute approximate surface area is 178 Å². The first kappa shape index (κ1) is 20.7. The predicted molar refractivity (Wildman–Crippen MR) is 116 cm³/mol. The van der Waals surface area contributed by atoms with Gasteiger partial charge in [0, 0.05) is 5.56 Å². The number of allylic oxidation sites excluding steroid dienone is 1. The molecule has 4 nitrogen and oxygen atoms in total. The van der Waals surface area contributed by atoms with Crippen LogP contribution in [0.15, 0.2) is 54.6 Å². The molecule has 0 aliphatic rings. The molecule has 29 heavy (non-hydrogen) atoms. The van der Waals surface area contributed by atoms with Gasteiger partial charge in [-0.05, 0) is 41.5 Å². The maximum Gasteiger partial charge on any atom is 0.344 e. The highest BCUT2D eigenvalue weighted by Crippen LogP contribution is 2.36. The summed E-state index contributed by atoms with van der Waals surface area (Å²) in [6.45, 7) is 1.68. The summed E-state index contributed by atoms with van der Waals surface area (Å²) in [5.41, 5.74) is 1.95. The molecule has 0 aliphatic carbocycles. The van der Waals surface area contributed by atoms with Crippen LogP contribution in [0, 0.1) is 11.3 Å². The molecule has 0 amide bonds. The molecule has 146 valence electrons. The summed E-state index contributed by atoms with van der Waals surface area (Å²) in [6.07, 6.45) is 1.72. The molecule has 0 spiro atoms. The minimum atomic E-state index is -0.508. The lowest BCUT2D eigenvalue weighted by atomic mass is 9.97. The average Bonchev–Trinajstić information content (AvgIpc) is 2.71. The SMILES string of the molecule is CCOC(=O)COc1c(Cl)cc(/C=C(\C#N)c2cccc3ccccc23)cc1Cl. The van der Waals surface area contributed by atoms with Gasteiger partial charge in [-0.2, -0.15) is 5.26 Å². The van der Waals surface area contributed by atoms with E-state index < -0.39 is 5.97 Å². The summed E-state index contributed by atoms with van der Waals surface area (Å²) in [5, 5.41) is 12.2. The lowest BCUT2D eigenvalue weighted by molar-refractivity contribution is -0.145. The summed E-state index contributed by atoms with van der Waals surface area (Å²) in [6, 6.07) is 19.2. The number of halogens is 2. The number of nitrogens with zero attached hydrogens (tertiary/aromatic N) is 1. The van der Waals surface area contributed by atoms with Gasteiger partial charge >= 0.3 is 5.97 Å². The minimum Gasteiger partial charge on any atom is -0.479 e. The van der Waals surface area contributed by atoms with E-state index >= 15 is 0 Å². The fourth-order valence-electron chi connectivity index (χ4n) is 2.93. The second-order valence-corrected chi connectivity index (χ2v) is 6.92. The number of carbonyl (C=O) groups is 1. The Hall–Kier alpha value is -3.00. The quantitative estimate of drug-likeness (QED) is 0.269. The first-order chi connectivity index (χ1) is 14.0. The van der Waals surface area contributed by atoms with Crippen molar-refractivity contribution in [1.82, 2.24) is 0 Å². The molecule has 0 aromatic heterocycles. The van der Waals surface area contributed by atoms with E-state index in [0.29, 0.717) is 11.1 Å². The lowest BCUT2D eigenvalue weighted by Crippen LogP contribution is -2.14. The molecule has 0 saturated carbocycles. The molecule has 0 atom stereocenters. The van der Waals surface area contributed by atoms with E-state index in [-0.39, 0.29) is 29.0 Å². The third-order valence-corrected chi connectivity index (χ3v) is 4.73. The first-order valence-corrected chi connectivity index (χ1v) is 9.66. The van der Waals surface area contributed by atoms with Gasteiger partial charge in [-0.25, -0.2) is 4.79 Å². The number of esters is 1. The van der Waals surface area contributed by atoms with E-state index in [1.165, 1.54) is 0 Å². The van der Waals surface area contributed by atoms with Gasteiger partial charge in [0.1, 0.15) is 0 Å². The number of rotatable bonds is 6. The van der Waals surface area contributed by atoms with Crippen molar-refractivity contribution >= 4 is 51.6 Å². The van der Waals surface area contributed by atoms with Crippen LogP contribution in [0.4, 0.5) is 0 Å². The second kappa shape index (κ2) is 9.47. The summed E-state index contributed by atoms with van der Waals surface area (Å²) >= 11 is 12.6. The van der Waals surface area contributed by atoms with Crippen LogP contribution in [0.2, 0.25) is 10.0 Å². The number of hydrogen-bond donors (Lipinski definition) is 0. The van der Waals surface area contributed by atoms with E-state index in [1.54, 1.807) is 25.1 Å². The van der Waals surface area contributed by atoms with Crippen molar-refractivity contribution < 1.29 is 14.3 Å². The Morgan fingerprint density at radius 2 is 1.79 bits per heavy atom. The molecule has 0 aliphatic heterocycles. The largest absolute Gasteiger partial charge is 0.479 e. The maximum absolute atomic E-state index is 11.5. The van der Waals surface area contributed by atoms with Gasteiger partial charge in [0.2, 0.25) is 0 Å². The Morgan fingerprint density at radius 3 is 2.48 bits per heavy atom. The minimum absolute atomic E-state index is 0.196. The lowest BCUT2D eigenvalue weighted by Gasteiger charge is -2.11. The van der Waals surface area contributed by atoms with Crippen LogP contribution in [0.5, 0.6) is 5.75 Å². The summed E-state index contributed by atoms with van der Waals surface area (Å²) in [7, 11) is 0. The van der Waals surface area contributed by atoms with E-state index in [9.17, 15) is 10.1 Å². The standard InChI is InChI=1S/C23H17Cl2NO3/c1-2-28-22(27)14-29-23-20(24)11-15(12-21(23)25)10-17(13-26)19-9-5-7-16-6-3-4-8-18(16)19/h3-12H,2,14H2,1H3/b17-10+. The molecule has 0 radical (unpaired) electrons. The van der Waals surface area contributed by atoms with Gasteiger partial charge in [0.25, 0.3) is 0 Å². The van der Waals surface area contributed by atoms with E-state index in [0.717, 1.165) is 16.3 Å². The van der Waals surface area contributed by atoms with Gasteiger partial charge in [-0.1, -0.05) is 65.7 Å². The normalized spacial score (nSPS) is 11.2. The number of carbonyl (C=O) groups excluding carboxylic acids is 1. The van der Waals surface area contributed by atoms with Crippen LogP contribution in [-0.2, 0) is 9.53 Å². The van der Waals surface area contributed by atoms with Crippen LogP contribution in [0.1, 0.15) is 18.1 Å². The Morgan fingerprint density at radius 1 is 1.10 bits per heavy atom. The van der Waals surface area contributed by atoms with Gasteiger partial charge in [0.15, 0.2) is 12.4 Å². The van der Waals surface area contributed by atoms with Gasteiger partial charge in [0.05, 0.1) is 28.3 Å². The van der Waals surface area contributed by atoms with Crippen LogP contribution in [-0.4, -0.2) is 19.2 Å². The van der Waals surface area contributed by atoms with Crippen molar-refractivity contribution in [2.24, 2.45) is 0 Å². The average molecular weight is 426 g/mol. The third kappa shape index (κ3) is 4.89. The van der Waals surface area contributed by atoms with Crippen molar-refractivity contribution in [2.45, 2.75) is 6.92 Å². The van der Waals surface area contributed by atoms with Crippen molar-refractivity contribution in [2.75, 3.05) is 13.2 Å². The zero-order valence-corrected chi connectivity index (χ0v) is 17.1. The van der Waals surface area contributed by atoms with E-state index in [4.69, 9.17) is 32.7 Å². The van der Waals surface area contributed by atoms with Crippen molar-refractivity contribution in [3.05, 3.63) is 75.8 Å². The monoisotopic (exact) mass is 425 g/mol. The molecule has 3 aromatic rings. The third-order valence-electron chi connectivity index (χ3n) is 4.17. The molecule has 0 heterocycles. The van der Waals surface area contributed by atoms with Crippen LogP contribution < -0.4 is 4.74 Å². The molecule has 0 saturated heterocycles. The van der Waals surface area contributed by atoms with Crippen molar-refractivity contribution in [1.29, 1.82) is 5.26 Å². The second-order valence-electron chi connectivity index (χ2n) is 6.10. The van der Waals surface area contributed by atoms with Crippen LogP contribution in [0.25, 0.3) is 22.4 Å². The van der Waals surface area contributed by atoms with E-state index in [1.807, 2.05) is 42.5 Å². The summed E-state index contributed by atoms with van der Waals surface area (Å²) < 4.78 is 10.2. The van der Waals surface area contributed by atoms with Crippen LogP contribution >= 0.6 is 23.2 Å². The topological polar surface area (TPSA) is 59.3 Å². The van der Waals surface area contributed by atoms with Gasteiger partial charge in [-0.3, -0.25) is 0 Å². The highest BCUT2D eigenvalue weighted by Gasteiger charge is 2.13. The maximum atomic E-state index is 11.5. The molecular weight excluding hydrogens is 409 g/mol. The van der Waals surface area contributed by atoms with E-state index in [2.05, 4.69) is 6.07 Å². The molecule has 3 rings (SSSR count). The molecular formula is C23H17Cl2NO3. The molecule has 0 N–H and O–H groups in total. The first-order valence-electron chi connectivity index (χ1n) is 8.91. The van der Waals surface area contributed by atoms with Crippen LogP contribution in [0.3, 0.4) is 0 Å². The van der Waals surface area contributed by atoms with Crippen molar-refractivity contribution in [3.8, 4) is 11.8 Å². The molecule has 0 fully saturated rings. The fraction of sp³-hybridized carbons (Fsp3) is 0.130. The Kier molecular flexibility index (Phi) is 6.77. The molecule has 0 unspecified atom stereocenters. The van der Waals surface area contributed by atoms with Gasteiger partial charge in [-0.15, -0.1) is 0 Å². The van der Waals surface area contributed by atoms with Gasteiger partial charge < -0.3 is 9.47 Å². The predicted octanol–water partition coefficient (Wildman–Crippen LogP) is 6.15. The highest BCUT2D eigenvalue weighted by atomic mass is 35.5. The smallest absolute Gasteiger partial charge is 0.344 e. The highest BCUT2D eigenvalue weighted by molar-refractivity contribution is 6.37. The Balaban J connectivity index is 1.94. The fourth-order valence-corrected chi connectivity index (χ4v) is 3.54. The summed E-state index contributed by atoms with van der Waals surface area (Å²) in [5.74, 6) is -0.312. The zero-order chi connectivity index (χ0) is 20.8. The number of fused-ring (bicyclic) bond motifs is 1. The molecule has 3 aromatic carbocycles. The number of benzene rings is 3. The zero-order valence-electron chi connectivity index (χ0n) is 15.6. The van der Waals surface area contributed by atoms with Crippen molar-refractivity contribution in [3.63, 3.8) is 0 Å². The number of hydrogen-bond acceptors (Lipinski definition) is 4. The number of ether oxygens (including phenoxy) is 2. The summed E-state index contributed by atoms with van der Waals surface area (Å²) in [4.78, 5) is 11.5. The molecule has 0 bridgehead atoms.